The summed E-state index contributed by atoms with van der Waals surface area (Å²) in [4.78, 5) is 37.2. The van der Waals surface area contributed by atoms with Gasteiger partial charge in [0, 0.05) is 44.0 Å². The molecule has 7 nitrogen and oxygen atoms in total. The molecule has 30 heavy (non-hydrogen) atoms. The molecule has 0 unspecified atom stereocenters. The van der Waals surface area contributed by atoms with Crippen LogP contribution in [0.2, 0.25) is 0 Å². The molecule has 0 radical (unpaired) electrons. The van der Waals surface area contributed by atoms with E-state index in [1.165, 1.54) is 0 Å². The van der Waals surface area contributed by atoms with Crippen LogP contribution >= 0.6 is 0 Å². The fourth-order valence-corrected chi connectivity index (χ4v) is 2.79. The van der Waals surface area contributed by atoms with Crippen LogP contribution in [0, 0.1) is 6.92 Å². The van der Waals surface area contributed by atoms with Gasteiger partial charge in [0.15, 0.2) is 0 Å². The Morgan fingerprint density at radius 2 is 1.50 bits per heavy atom. The number of carbonyl (C=O) groups is 3. The molecule has 160 valence electrons. The third-order valence-electron chi connectivity index (χ3n) is 4.74. The summed E-state index contributed by atoms with van der Waals surface area (Å²) in [5.41, 5.74) is 4.06. The van der Waals surface area contributed by atoms with E-state index in [1.807, 2.05) is 37.3 Å². The number of nitrogens with zero attached hydrogens (tertiary/aromatic N) is 1. The first-order valence-electron chi connectivity index (χ1n) is 10.0. The van der Waals surface area contributed by atoms with Gasteiger partial charge in [-0.1, -0.05) is 25.1 Å². The standard InChI is InChI=1S/C23H30N4O3/c1-5-21(28)25-19-7-6-8-20(16(19)2)26-22(29)15-24-18-12-9-17(10-13-18)11-14-23(30)27(3)4/h6-10,12-13,24H,5,11,14-15H2,1-4H3,(H,25,28)(H,26,29). The van der Waals surface area contributed by atoms with Gasteiger partial charge < -0.3 is 20.9 Å². The summed E-state index contributed by atoms with van der Waals surface area (Å²) in [5, 5.41) is 8.80. The van der Waals surface area contributed by atoms with Gasteiger partial charge in [-0.15, -0.1) is 0 Å². The normalized spacial score (nSPS) is 10.3. The molecule has 0 aliphatic heterocycles. The van der Waals surface area contributed by atoms with Crippen LogP contribution < -0.4 is 16.0 Å². The highest BCUT2D eigenvalue weighted by Gasteiger charge is 2.09. The van der Waals surface area contributed by atoms with Gasteiger partial charge >= 0.3 is 0 Å². The zero-order valence-electron chi connectivity index (χ0n) is 18.0. The number of rotatable bonds is 9. The van der Waals surface area contributed by atoms with E-state index in [0.717, 1.165) is 16.8 Å². The summed E-state index contributed by atoms with van der Waals surface area (Å²) in [7, 11) is 3.50. The molecule has 0 spiro atoms. The Balaban J connectivity index is 1.87. The van der Waals surface area contributed by atoms with E-state index in [1.54, 1.807) is 38.1 Å². The molecule has 3 amide bonds. The lowest BCUT2D eigenvalue weighted by molar-refractivity contribution is -0.128. The summed E-state index contributed by atoms with van der Waals surface area (Å²) in [6.07, 6.45) is 1.55. The maximum Gasteiger partial charge on any atom is 0.243 e. The monoisotopic (exact) mass is 410 g/mol. The quantitative estimate of drug-likeness (QED) is 0.591. The lowest BCUT2D eigenvalue weighted by Crippen LogP contribution is -2.22. The number of carbonyl (C=O) groups excluding carboxylic acids is 3. The largest absolute Gasteiger partial charge is 0.376 e. The molecule has 2 aromatic carbocycles. The van der Waals surface area contributed by atoms with Crippen molar-refractivity contribution >= 4 is 34.8 Å². The maximum atomic E-state index is 12.3. The second-order valence-corrected chi connectivity index (χ2v) is 7.27. The first-order valence-corrected chi connectivity index (χ1v) is 10.0. The Kier molecular flexibility index (Phi) is 8.41. The molecule has 2 aromatic rings. The van der Waals surface area contributed by atoms with Crippen molar-refractivity contribution < 1.29 is 14.4 Å². The molecule has 0 bridgehead atoms. The molecular formula is C23H30N4O3. The van der Waals surface area contributed by atoms with Crippen LogP contribution in [0.4, 0.5) is 17.1 Å². The average Bonchev–Trinajstić information content (AvgIpc) is 2.73. The van der Waals surface area contributed by atoms with Crippen molar-refractivity contribution in [2.75, 3.05) is 36.6 Å². The number of hydrogen-bond acceptors (Lipinski definition) is 4. The smallest absolute Gasteiger partial charge is 0.243 e. The summed E-state index contributed by atoms with van der Waals surface area (Å²) in [6.45, 7) is 3.76. The van der Waals surface area contributed by atoms with E-state index in [2.05, 4.69) is 16.0 Å². The molecule has 0 aliphatic carbocycles. The Morgan fingerprint density at radius 1 is 0.900 bits per heavy atom. The second-order valence-electron chi connectivity index (χ2n) is 7.27. The van der Waals surface area contributed by atoms with E-state index >= 15 is 0 Å². The number of nitrogens with one attached hydrogen (secondary N) is 3. The Morgan fingerprint density at radius 3 is 2.07 bits per heavy atom. The van der Waals surface area contributed by atoms with Gasteiger partial charge in [0.2, 0.25) is 17.7 Å². The minimum atomic E-state index is -0.183. The molecule has 7 heteroatoms. The van der Waals surface area contributed by atoms with Crippen LogP contribution in [-0.2, 0) is 20.8 Å². The Labute approximate surface area is 177 Å². The van der Waals surface area contributed by atoms with E-state index in [4.69, 9.17) is 0 Å². The molecule has 0 aromatic heterocycles. The summed E-state index contributed by atoms with van der Waals surface area (Å²) in [6, 6.07) is 13.1. The van der Waals surface area contributed by atoms with Gasteiger partial charge in [0.25, 0.3) is 0 Å². The van der Waals surface area contributed by atoms with Crippen LogP contribution in [0.25, 0.3) is 0 Å². The minimum Gasteiger partial charge on any atom is -0.376 e. The summed E-state index contributed by atoms with van der Waals surface area (Å²) >= 11 is 0. The van der Waals surface area contributed by atoms with Crippen LogP contribution in [0.5, 0.6) is 0 Å². The molecule has 0 heterocycles. The number of amides is 3. The zero-order valence-corrected chi connectivity index (χ0v) is 18.0. The Hall–Kier alpha value is -3.35. The first-order chi connectivity index (χ1) is 14.3. The predicted molar refractivity (Wildman–Crippen MR) is 121 cm³/mol. The van der Waals surface area contributed by atoms with Crippen molar-refractivity contribution in [1.82, 2.24) is 4.90 Å². The average molecular weight is 411 g/mol. The van der Waals surface area contributed by atoms with Crippen LogP contribution in [0.1, 0.15) is 30.9 Å². The number of benzene rings is 2. The molecule has 2 rings (SSSR count). The molecule has 0 fully saturated rings. The number of aryl methyl sites for hydroxylation is 1. The number of hydrogen-bond donors (Lipinski definition) is 3. The maximum absolute atomic E-state index is 12.3. The van der Waals surface area contributed by atoms with Gasteiger partial charge in [0.1, 0.15) is 0 Å². The molecular weight excluding hydrogens is 380 g/mol. The zero-order chi connectivity index (χ0) is 22.1. The van der Waals surface area contributed by atoms with Crippen molar-refractivity contribution in [2.24, 2.45) is 0 Å². The van der Waals surface area contributed by atoms with Gasteiger partial charge in [-0.25, -0.2) is 0 Å². The van der Waals surface area contributed by atoms with E-state index in [9.17, 15) is 14.4 Å². The van der Waals surface area contributed by atoms with Gasteiger partial charge in [-0.2, -0.15) is 0 Å². The topological polar surface area (TPSA) is 90.5 Å². The van der Waals surface area contributed by atoms with E-state index < -0.39 is 0 Å². The van der Waals surface area contributed by atoms with Gasteiger partial charge in [-0.05, 0) is 48.7 Å². The second kappa shape index (κ2) is 11.0. The van der Waals surface area contributed by atoms with Gasteiger partial charge in [0.05, 0.1) is 6.54 Å². The molecule has 0 aliphatic rings. The highest BCUT2D eigenvalue weighted by molar-refractivity contribution is 5.97. The highest BCUT2D eigenvalue weighted by Crippen LogP contribution is 2.23. The van der Waals surface area contributed by atoms with Crippen LogP contribution in [0.3, 0.4) is 0 Å². The first kappa shape index (κ1) is 22.9. The fraction of sp³-hybridized carbons (Fsp3) is 0.348. The fourth-order valence-electron chi connectivity index (χ4n) is 2.79. The van der Waals surface area contributed by atoms with Crippen molar-refractivity contribution in [3.05, 3.63) is 53.6 Å². The number of anilines is 3. The van der Waals surface area contributed by atoms with Crippen LogP contribution in [-0.4, -0.2) is 43.3 Å². The molecule has 0 saturated carbocycles. The molecule has 0 saturated heterocycles. The lowest BCUT2D eigenvalue weighted by Gasteiger charge is -2.14. The van der Waals surface area contributed by atoms with E-state index in [0.29, 0.717) is 30.6 Å². The molecule has 0 atom stereocenters. The third kappa shape index (κ3) is 6.92. The van der Waals surface area contributed by atoms with E-state index in [-0.39, 0.29) is 24.3 Å². The summed E-state index contributed by atoms with van der Waals surface area (Å²) in [5.74, 6) is -0.155. The van der Waals surface area contributed by atoms with Crippen LogP contribution in [0.15, 0.2) is 42.5 Å². The van der Waals surface area contributed by atoms with Crippen molar-refractivity contribution in [3.63, 3.8) is 0 Å². The predicted octanol–water partition coefficient (Wildman–Crippen LogP) is 3.41. The SMILES string of the molecule is CCC(=O)Nc1cccc(NC(=O)CNc2ccc(CCC(=O)N(C)C)cc2)c1C. The third-order valence-corrected chi connectivity index (χ3v) is 4.74. The van der Waals surface area contributed by atoms with Crippen molar-refractivity contribution in [2.45, 2.75) is 33.1 Å². The van der Waals surface area contributed by atoms with Crippen molar-refractivity contribution in [1.29, 1.82) is 0 Å². The lowest BCUT2D eigenvalue weighted by atomic mass is 10.1. The Bertz CT molecular complexity index is 892. The van der Waals surface area contributed by atoms with Crippen molar-refractivity contribution in [3.8, 4) is 0 Å². The van der Waals surface area contributed by atoms with Gasteiger partial charge in [-0.3, -0.25) is 14.4 Å². The minimum absolute atomic E-state index is 0.0715. The summed E-state index contributed by atoms with van der Waals surface area (Å²) < 4.78 is 0. The highest BCUT2D eigenvalue weighted by atomic mass is 16.2. The molecule has 3 N–H and O–H groups in total.